The maximum atomic E-state index is 12.2. The summed E-state index contributed by atoms with van der Waals surface area (Å²) in [6, 6.07) is 8.84. The zero-order valence-corrected chi connectivity index (χ0v) is 16.8. The Hall–Kier alpha value is -3.66. The van der Waals surface area contributed by atoms with Gasteiger partial charge < -0.3 is 14.8 Å². The van der Waals surface area contributed by atoms with Crippen LogP contribution >= 0.6 is 11.6 Å². The van der Waals surface area contributed by atoms with Gasteiger partial charge in [0.05, 0.1) is 10.5 Å². The van der Waals surface area contributed by atoms with Crippen LogP contribution in [0.4, 0.5) is 10.5 Å². The summed E-state index contributed by atoms with van der Waals surface area (Å²) in [6.07, 6.45) is -1.20. The summed E-state index contributed by atoms with van der Waals surface area (Å²) < 4.78 is 10.5. The zero-order valence-electron chi connectivity index (χ0n) is 16.0. The first-order valence-electron chi connectivity index (χ1n) is 8.72. The standard InChI is InChI=1S/C19H18ClN3O7/c1-3-21-19(26)22-17(24)11(2)29-18(25)12-4-7-14(8-5-12)30-16-9-6-13(20)10-15(16)23(27)28/h4-11H,3H2,1-2H3,(H2,21,22,24,26). The van der Waals surface area contributed by atoms with E-state index < -0.39 is 28.9 Å². The number of nitro benzene ring substituents is 1. The largest absolute Gasteiger partial charge is 0.450 e. The Bertz CT molecular complexity index is 963. The molecule has 0 aliphatic carbocycles. The second kappa shape index (κ2) is 10.2. The first-order valence-corrected chi connectivity index (χ1v) is 9.10. The molecule has 2 aromatic rings. The molecule has 0 aliphatic rings. The summed E-state index contributed by atoms with van der Waals surface area (Å²) in [4.78, 5) is 45.8. The molecule has 0 spiro atoms. The highest BCUT2D eigenvalue weighted by molar-refractivity contribution is 6.30. The summed E-state index contributed by atoms with van der Waals surface area (Å²) in [7, 11) is 0. The van der Waals surface area contributed by atoms with Crippen molar-refractivity contribution >= 4 is 35.2 Å². The Balaban J connectivity index is 2.02. The number of hydrogen-bond donors (Lipinski definition) is 2. The number of halogens is 1. The lowest BCUT2D eigenvalue weighted by atomic mass is 10.2. The number of esters is 1. The maximum absolute atomic E-state index is 12.2. The summed E-state index contributed by atoms with van der Waals surface area (Å²) in [6.45, 7) is 3.34. The van der Waals surface area contributed by atoms with Crippen molar-refractivity contribution in [3.63, 3.8) is 0 Å². The Morgan fingerprint density at radius 1 is 1.17 bits per heavy atom. The predicted molar refractivity (Wildman–Crippen MR) is 107 cm³/mol. The molecule has 0 heterocycles. The van der Waals surface area contributed by atoms with E-state index >= 15 is 0 Å². The minimum absolute atomic E-state index is 0.0182. The van der Waals surface area contributed by atoms with Gasteiger partial charge in [-0.05, 0) is 50.2 Å². The lowest BCUT2D eigenvalue weighted by Gasteiger charge is -2.13. The van der Waals surface area contributed by atoms with E-state index in [9.17, 15) is 24.5 Å². The minimum atomic E-state index is -1.20. The van der Waals surface area contributed by atoms with Crippen molar-refractivity contribution in [2.45, 2.75) is 20.0 Å². The number of benzene rings is 2. The highest BCUT2D eigenvalue weighted by Crippen LogP contribution is 2.33. The first kappa shape index (κ1) is 22.6. The quantitative estimate of drug-likeness (QED) is 0.386. The first-order chi connectivity index (χ1) is 14.2. The van der Waals surface area contributed by atoms with Crippen molar-refractivity contribution < 1.29 is 28.8 Å². The van der Waals surface area contributed by atoms with Crippen molar-refractivity contribution in [2.24, 2.45) is 0 Å². The molecular weight excluding hydrogens is 418 g/mol. The van der Waals surface area contributed by atoms with E-state index in [1.165, 1.54) is 43.3 Å². The number of imide groups is 1. The van der Waals surface area contributed by atoms with E-state index in [-0.39, 0.29) is 27.8 Å². The molecule has 0 radical (unpaired) electrons. The van der Waals surface area contributed by atoms with Crippen molar-refractivity contribution in [2.75, 3.05) is 6.54 Å². The third-order valence-corrected chi connectivity index (χ3v) is 3.90. The number of hydrogen-bond acceptors (Lipinski definition) is 7. The van der Waals surface area contributed by atoms with E-state index in [2.05, 4.69) is 5.32 Å². The average molecular weight is 436 g/mol. The molecule has 1 atom stereocenters. The van der Waals surface area contributed by atoms with Gasteiger partial charge in [0.2, 0.25) is 5.75 Å². The maximum Gasteiger partial charge on any atom is 0.338 e. The summed E-state index contributed by atoms with van der Waals surface area (Å²) >= 11 is 5.76. The molecule has 0 saturated carbocycles. The molecule has 0 aromatic heterocycles. The summed E-state index contributed by atoms with van der Waals surface area (Å²) in [5.41, 5.74) is -0.191. The van der Waals surface area contributed by atoms with Gasteiger partial charge in [-0.25, -0.2) is 9.59 Å². The third-order valence-electron chi connectivity index (χ3n) is 3.66. The molecule has 2 aromatic carbocycles. The molecule has 158 valence electrons. The molecule has 11 heteroatoms. The van der Waals surface area contributed by atoms with Crippen molar-refractivity contribution in [1.82, 2.24) is 10.6 Å². The molecule has 1 unspecified atom stereocenters. The van der Waals surface area contributed by atoms with Crippen LogP contribution in [0.25, 0.3) is 0 Å². The summed E-state index contributed by atoms with van der Waals surface area (Å²) in [5, 5.41) is 15.7. The smallest absolute Gasteiger partial charge is 0.338 e. The van der Waals surface area contributed by atoms with E-state index in [0.717, 1.165) is 6.07 Å². The second-order valence-electron chi connectivity index (χ2n) is 5.89. The lowest BCUT2D eigenvalue weighted by molar-refractivity contribution is -0.385. The SMILES string of the molecule is CCNC(=O)NC(=O)C(C)OC(=O)c1ccc(Oc2ccc(Cl)cc2[N+](=O)[O-])cc1. The fourth-order valence-electron chi connectivity index (χ4n) is 2.21. The molecule has 10 nitrogen and oxygen atoms in total. The molecule has 0 bridgehead atoms. The minimum Gasteiger partial charge on any atom is -0.450 e. The van der Waals surface area contributed by atoms with Gasteiger partial charge in [-0.15, -0.1) is 0 Å². The van der Waals surface area contributed by atoms with Gasteiger partial charge in [0.25, 0.3) is 5.91 Å². The number of carbonyl (C=O) groups is 3. The zero-order chi connectivity index (χ0) is 22.3. The van der Waals surface area contributed by atoms with E-state index in [1.54, 1.807) is 6.92 Å². The number of amides is 3. The number of rotatable bonds is 7. The number of nitrogens with zero attached hydrogens (tertiary/aromatic N) is 1. The highest BCUT2D eigenvalue weighted by atomic mass is 35.5. The molecule has 0 aliphatic heterocycles. The van der Waals surface area contributed by atoms with Crippen LogP contribution in [0.2, 0.25) is 5.02 Å². The predicted octanol–water partition coefficient (Wildman–Crippen LogP) is 3.43. The topological polar surface area (TPSA) is 137 Å². The Labute approximate surface area is 176 Å². The van der Waals surface area contributed by atoms with Crippen LogP contribution in [0.5, 0.6) is 11.5 Å². The van der Waals surface area contributed by atoms with Gasteiger partial charge in [0, 0.05) is 17.6 Å². The van der Waals surface area contributed by atoms with Gasteiger partial charge in [-0.1, -0.05) is 11.6 Å². The fraction of sp³-hybridized carbons (Fsp3) is 0.211. The highest BCUT2D eigenvalue weighted by Gasteiger charge is 2.21. The van der Waals surface area contributed by atoms with Gasteiger partial charge in [-0.3, -0.25) is 20.2 Å². The fourth-order valence-corrected chi connectivity index (χ4v) is 2.37. The molecule has 30 heavy (non-hydrogen) atoms. The molecule has 0 saturated heterocycles. The van der Waals surface area contributed by atoms with Gasteiger partial charge in [0.1, 0.15) is 5.75 Å². The lowest BCUT2D eigenvalue weighted by Crippen LogP contribution is -2.44. The number of urea groups is 1. The van der Waals surface area contributed by atoms with Crippen LogP contribution in [0, 0.1) is 10.1 Å². The van der Waals surface area contributed by atoms with Crippen molar-refractivity contribution in [3.8, 4) is 11.5 Å². The Morgan fingerprint density at radius 3 is 2.43 bits per heavy atom. The normalized spacial score (nSPS) is 11.2. The molecule has 0 fully saturated rings. The van der Waals surface area contributed by atoms with Crippen LogP contribution in [-0.2, 0) is 9.53 Å². The number of ether oxygens (including phenoxy) is 2. The van der Waals surface area contributed by atoms with Crippen LogP contribution in [0.1, 0.15) is 24.2 Å². The molecule has 3 amide bonds. The van der Waals surface area contributed by atoms with Crippen LogP contribution in [0.3, 0.4) is 0 Å². The molecule has 2 rings (SSSR count). The number of carbonyl (C=O) groups excluding carboxylic acids is 3. The van der Waals surface area contributed by atoms with Gasteiger partial charge in [-0.2, -0.15) is 0 Å². The molecule has 2 N–H and O–H groups in total. The molecular formula is C19H18ClN3O7. The third kappa shape index (κ3) is 6.17. The van der Waals surface area contributed by atoms with Gasteiger partial charge >= 0.3 is 17.7 Å². The summed E-state index contributed by atoms with van der Waals surface area (Å²) in [5.74, 6) is -1.35. The monoisotopic (exact) mass is 435 g/mol. The van der Waals surface area contributed by atoms with Crippen molar-refractivity contribution in [1.29, 1.82) is 0 Å². The van der Waals surface area contributed by atoms with Crippen molar-refractivity contribution in [3.05, 3.63) is 63.2 Å². The number of nitrogens with one attached hydrogen (secondary N) is 2. The Morgan fingerprint density at radius 2 is 1.83 bits per heavy atom. The van der Waals surface area contributed by atoms with E-state index in [1.807, 2.05) is 5.32 Å². The van der Waals surface area contributed by atoms with Crippen LogP contribution < -0.4 is 15.4 Å². The Kier molecular flexibility index (Phi) is 7.70. The second-order valence-corrected chi connectivity index (χ2v) is 6.33. The average Bonchev–Trinajstić information content (AvgIpc) is 2.69. The number of nitro groups is 1. The van der Waals surface area contributed by atoms with Crippen LogP contribution in [0.15, 0.2) is 42.5 Å². The van der Waals surface area contributed by atoms with E-state index in [0.29, 0.717) is 6.54 Å². The van der Waals surface area contributed by atoms with Gasteiger partial charge in [0.15, 0.2) is 6.10 Å². The van der Waals surface area contributed by atoms with E-state index in [4.69, 9.17) is 21.1 Å². The van der Waals surface area contributed by atoms with Crippen LogP contribution in [-0.4, -0.2) is 35.5 Å².